The molecule has 1 aliphatic rings. The second-order valence-corrected chi connectivity index (χ2v) is 12.6. The van der Waals surface area contributed by atoms with E-state index in [9.17, 15) is 14.7 Å². The van der Waals surface area contributed by atoms with E-state index in [1.807, 2.05) is 20.8 Å². The summed E-state index contributed by atoms with van der Waals surface area (Å²) in [6.45, 7) is 10.8. The van der Waals surface area contributed by atoms with Gasteiger partial charge in [-0.1, -0.05) is 78.6 Å². The Morgan fingerprint density at radius 3 is 2.46 bits per heavy atom. The zero-order chi connectivity index (χ0) is 32.6. The Bertz CT molecular complexity index is 1730. The van der Waals surface area contributed by atoms with Crippen LogP contribution in [0.2, 0.25) is 0 Å². The highest BCUT2D eigenvalue weighted by Gasteiger charge is 2.48. The third kappa shape index (κ3) is 7.27. The molecule has 1 unspecified atom stereocenters. The molecule has 11 heteroatoms. The molecular weight excluding hydrogens is 623 g/mol. The van der Waals surface area contributed by atoms with Crippen molar-refractivity contribution in [1.82, 2.24) is 10.2 Å². The number of hydrogen-bond acceptors (Lipinski definition) is 10. The molecule has 0 saturated carbocycles. The van der Waals surface area contributed by atoms with Crippen molar-refractivity contribution in [3.63, 3.8) is 0 Å². The van der Waals surface area contributed by atoms with Crippen LogP contribution in [0.5, 0.6) is 17.2 Å². The molecule has 0 spiro atoms. The Balaban J connectivity index is 1.56. The minimum Gasteiger partial charge on any atom is -0.507 e. The summed E-state index contributed by atoms with van der Waals surface area (Å²) in [5, 5.41) is 20.5. The first-order valence-corrected chi connectivity index (χ1v) is 16.7. The quantitative estimate of drug-likeness (QED) is 0.0368. The number of amides is 1. The molecule has 1 atom stereocenters. The van der Waals surface area contributed by atoms with Gasteiger partial charge in [0, 0.05) is 11.3 Å². The first-order valence-electron chi connectivity index (χ1n) is 14.9. The number of thioether (sulfide) groups is 1. The maximum absolute atomic E-state index is 13.7. The summed E-state index contributed by atoms with van der Waals surface area (Å²) in [6.07, 6.45) is 2.48. The fourth-order valence-electron chi connectivity index (χ4n) is 4.85. The van der Waals surface area contributed by atoms with Gasteiger partial charge in [0.1, 0.15) is 18.1 Å². The summed E-state index contributed by atoms with van der Waals surface area (Å²) >= 11 is 2.70. The highest BCUT2D eigenvalue weighted by molar-refractivity contribution is 8.00. The van der Waals surface area contributed by atoms with E-state index < -0.39 is 17.7 Å². The monoisotopic (exact) mass is 657 g/mol. The molecule has 5 rings (SSSR count). The van der Waals surface area contributed by atoms with E-state index in [1.54, 1.807) is 48.5 Å². The molecule has 238 valence electrons. The van der Waals surface area contributed by atoms with E-state index in [4.69, 9.17) is 14.2 Å². The summed E-state index contributed by atoms with van der Waals surface area (Å²) in [5.74, 6) is 0.257. The van der Waals surface area contributed by atoms with Crippen molar-refractivity contribution < 1.29 is 28.9 Å². The first-order chi connectivity index (χ1) is 22.3. The number of rotatable bonds is 14. The lowest BCUT2D eigenvalue weighted by molar-refractivity contribution is -0.132. The maximum atomic E-state index is 13.7. The Labute approximate surface area is 276 Å². The highest BCUT2D eigenvalue weighted by atomic mass is 32.2. The van der Waals surface area contributed by atoms with Gasteiger partial charge in [0.25, 0.3) is 5.78 Å². The number of carbonyl (C=O) groups excluding carboxylic acids is 2. The predicted molar refractivity (Wildman–Crippen MR) is 181 cm³/mol. The number of aliphatic hydroxyl groups excluding tert-OH is 1. The molecule has 0 radical (unpaired) electrons. The largest absolute Gasteiger partial charge is 0.507 e. The molecule has 4 aromatic rings. The molecule has 1 saturated heterocycles. The van der Waals surface area contributed by atoms with Crippen LogP contribution in [0.3, 0.4) is 0 Å². The van der Waals surface area contributed by atoms with Gasteiger partial charge in [-0.15, -0.1) is 10.2 Å². The molecule has 2 heterocycles. The zero-order valence-corrected chi connectivity index (χ0v) is 27.5. The van der Waals surface area contributed by atoms with Crippen LogP contribution in [-0.4, -0.2) is 46.8 Å². The average Bonchev–Trinajstić information content (AvgIpc) is 3.64. The number of ether oxygens (including phenoxy) is 3. The van der Waals surface area contributed by atoms with Crippen molar-refractivity contribution in [3.8, 4) is 17.2 Å². The molecule has 0 bridgehead atoms. The lowest BCUT2D eigenvalue weighted by Crippen LogP contribution is -2.29. The van der Waals surface area contributed by atoms with Crippen LogP contribution in [0.1, 0.15) is 48.6 Å². The Kier molecular flexibility index (Phi) is 10.8. The Morgan fingerprint density at radius 1 is 1.00 bits per heavy atom. The zero-order valence-electron chi connectivity index (χ0n) is 25.9. The van der Waals surface area contributed by atoms with Gasteiger partial charge in [-0.25, -0.2) is 0 Å². The second kappa shape index (κ2) is 15.1. The van der Waals surface area contributed by atoms with Gasteiger partial charge in [-0.05, 0) is 67.8 Å². The smallest absolute Gasteiger partial charge is 0.301 e. The van der Waals surface area contributed by atoms with Crippen LogP contribution in [-0.2, 0) is 15.3 Å². The molecule has 3 aromatic carbocycles. The lowest BCUT2D eigenvalue weighted by atomic mass is 9.95. The fraction of sp³-hybridized carbons (Fsp3) is 0.257. The molecular formula is C35H35N3O6S2. The maximum Gasteiger partial charge on any atom is 0.301 e. The van der Waals surface area contributed by atoms with Crippen LogP contribution in [0.15, 0.2) is 89.3 Å². The molecule has 1 amide bonds. The summed E-state index contributed by atoms with van der Waals surface area (Å²) < 4.78 is 18.0. The SMILES string of the molecule is C=CCOc1ccc(C2C(=C(O)c3ccc(OCCC)cc3)C(=O)C(=O)N2c2nnc(SCc3ccc(C)cc3)s2)cc1OCC. The second-order valence-electron chi connectivity index (χ2n) is 10.4. The van der Waals surface area contributed by atoms with Gasteiger partial charge in [-0.3, -0.25) is 14.5 Å². The fourth-order valence-corrected chi connectivity index (χ4v) is 6.67. The predicted octanol–water partition coefficient (Wildman–Crippen LogP) is 7.52. The van der Waals surface area contributed by atoms with Crippen molar-refractivity contribution in [1.29, 1.82) is 0 Å². The molecule has 1 N–H and O–H groups in total. The lowest BCUT2D eigenvalue weighted by Gasteiger charge is -2.23. The Morgan fingerprint density at radius 2 is 1.76 bits per heavy atom. The number of aliphatic hydroxyl groups is 1. The van der Waals surface area contributed by atoms with Crippen molar-refractivity contribution in [2.24, 2.45) is 0 Å². The number of aryl methyl sites for hydroxylation is 1. The number of ketones is 1. The number of carbonyl (C=O) groups is 2. The number of benzene rings is 3. The number of hydrogen-bond donors (Lipinski definition) is 1. The average molecular weight is 658 g/mol. The van der Waals surface area contributed by atoms with Crippen molar-refractivity contribution in [3.05, 3.63) is 107 Å². The summed E-state index contributed by atoms with van der Waals surface area (Å²) in [7, 11) is 0. The third-order valence-electron chi connectivity index (χ3n) is 7.07. The normalized spacial score (nSPS) is 15.6. The van der Waals surface area contributed by atoms with Crippen LogP contribution >= 0.6 is 23.1 Å². The van der Waals surface area contributed by atoms with Crippen molar-refractivity contribution in [2.45, 2.75) is 43.3 Å². The van der Waals surface area contributed by atoms with Gasteiger partial charge in [0.05, 0.1) is 24.8 Å². The van der Waals surface area contributed by atoms with E-state index in [2.05, 4.69) is 41.0 Å². The number of Topliss-reactive ketones (excluding diaryl/α,β-unsaturated/α-hetero) is 1. The Hall–Kier alpha value is -4.61. The van der Waals surface area contributed by atoms with E-state index >= 15 is 0 Å². The number of anilines is 1. The molecule has 9 nitrogen and oxygen atoms in total. The van der Waals surface area contributed by atoms with Gasteiger partial charge in [0.2, 0.25) is 5.13 Å². The van der Waals surface area contributed by atoms with E-state index in [-0.39, 0.29) is 23.1 Å². The van der Waals surface area contributed by atoms with Crippen LogP contribution < -0.4 is 19.1 Å². The molecule has 46 heavy (non-hydrogen) atoms. The summed E-state index contributed by atoms with van der Waals surface area (Å²) in [6, 6.07) is 19.1. The summed E-state index contributed by atoms with van der Waals surface area (Å²) in [5.41, 5.74) is 3.13. The van der Waals surface area contributed by atoms with E-state index in [1.165, 1.54) is 33.6 Å². The third-order valence-corrected chi connectivity index (χ3v) is 9.20. The van der Waals surface area contributed by atoms with Crippen LogP contribution in [0, 0.1) is 6.92 Å². The number of nitrogens with zero attached hydrogens (tertiary/aromatic N) is 3. The van der Waals surface area contributed by atoms with Gasteiger partial charge in [0.15, 0.2) is 15.8 Å². The summed E-state index contributed by atoms with van der Waals surface area (Å²) in [4.78, 5) is 28.7. The van der Waals surface area contributed by atoms with Gasteiger partial charge in [-0.2, -0.15) is 0 Å². The molecule has 1 aliphatic heterocycles. The highest BCUT2D eigenvalue weighted by Crippen LogP contribution is 2.45. The van der Waals surface area contributed by atoms with Gasteiger partial charge >= 0.3 is 5.91 Å². The van der Waals surface area contributed by atoms with Gasteiger partial charge < -0.3 is 19.3 Å². The van der Waals surface area contributed by atoms with Crippen LogP contribution in [0.4, 0.5) is 5.13 Å². The molecule has 1 fully saturated rings. The molecule has 0 aliphatic carbocycles. The van der Waals surface area contributed by atoms with E-state index in [0.717, 1.165) is 12.0 Å². The number of aromatic nitrogens is 2. The van der Waals surface area contributed by atoms with Crippen molar-refractivity contribution in [2.75, 3.05) is 24.7 Å². The van der Waals surface area contributed by atoms with Crippen LogP contribution in [0.25, 0.3) is 5.76 Å². The first kappa shape index (κ1) is 32.8. The standard InChI is InChI=1S/C35H35N3O6S2/c1-5-18-43-26-15-12-24(13-16-26)31(39)29-30(25-14-17-27(44-19-6-2)28(20-25)42-7-3)38(33(41)32(29)40)34-36-37-35(46-34)45-21-23-10-8-22(4)9-11-23/h6,8-17,20,30,39H,2,5,7,18-19,21H2,1,3-4H3. The minimum atomic E-state index is -1.01. The molecule has 1 aromatic heterocycles. The topological polar surface area (TPSA) is 111 Å². The van der Waals surface area contributed by atoms with E-state index in [0.29, 0.717) is 51.7 Å². The minimum absolute atomic E-state index is 0.0708. The van der Waals surface area contributed by atoms with Crippen molar-refractivity contribution >= 4 is 45.7 Å².